The predicted molar refractivity (Wildman–Crippen MR) is 84.4 cm³/mol. The second-order valence-corrected chi connectivity index (χ2v) is 5.97. The van der Waals surface area contributed by atoms with Gasteiger partial charge in [0.15, 0.2) is 0 Å². The van der Waals surface area contributed by atoms with Crippen LogP contribution in [0.25, 0.3) is 0 Å². The summed E-state index contributed by atoms with van der Waals surface area (Å²) in [6.07, 6.45) is 0. The molecule has 6 heteroatoms. The molecule has 2 rings (SSSR count). The molecular weight excluding hydrogens is 395 g/mol. The molecule has 0 bridgehead atoms. The first kappa shape index (κ1) is 14.4. The van der Waals surface area contributed by atoms with E-state index in [1.165, 1.54) is 0 Å². The van der Waals surface area contributed by atoms with Crippen LogP contribution in [0.2, 0.25) is 5.02 Å². The molecule has 2 aromatic carbocycles. The Morgan fingerprint density at radius 2 is 1.63 bits per heavy atom. The molecule has 0 aromatic heterocycles. The fourth-order valence-electron chi connectivity index (χ4n) is 1.48. The summed E-state index contributed by atoms with van der Waals surface area (Å²) < 4.78 is 7.44. The third-order valence-corrected chi connectivity index (χ3v) is 3.65. The molecule has 0 atom stereocenters. The molecule has 0 heterocycles. The van der Waals surface area contributed by atoms with E-state index < -0.39 is 0 Å². The first-order valence-electron chi connectivity index (χ1n) is 5.24. The van der Waals surface area contributed by atoms with Gasteiger partial charge in [-0.1, -0.05) is 43.5 Å². The van der Waals surface area contributed by atoms with Crippen LogP contribution in [-0.4, -0.2) is 5.84 Å². The molecule has 98 valence electrons. The SMILES string of the molecule is N=C(N)c1ccc(Br)cc1Oc1cc(Br)ccc1Cl. The quantitative estimate of drug-likeness (QED) is 0.562. The third kappa shape index (κ3) is 3.49. The van der Waals surface area contributed by atoms with Gasteiger partial charge in [-0.2, -0.15) is 0 Å². The van der Waals surface area contributed by atoms with Crippen molar-refractivity contribution in [1.82, 2.24) is 0 Å². The van der Waals surface area contributed by atoms with Crippen LogP contribution in [0.15, 0.2) is 45.3 Å². The Balaban J connectivity index is 2.45. The van der Waals surface area contributed by atoms with Crippen LogP contribution in [0.3, 0.4) is 0 Å². The van der Waals surface area contributed by atoms with E-state index in [2.05, 4.69) is 31.9 Å². The maximum Gasteiger partial charge on any atom is 0.147 e. The molecule has 0 amide bonds. The van der Waals surface area contributed by atoms with Gasteiger partial charge in [0.05, 0.1) is 10.6 Å². The summed E-state index contributed by atoms with van der Waals surface area (Å²) in [5.41, 5.74) is 6.05. The van der Waals surface area contributed by atoms with Crippen LogP contribution >= 0.6 is 43.5 Å². The number of nitrogen functional groups attached to an aromatic ring is 1. The van der Waals surface area contributed by atoms with Crippen LogP contribution < -0.4 is 10.5 Å². The number of rotatable bonds is 3. The van der Waals surface area contributed by atoms with Crippen molar-refractivity contribution in [2.45, 2.75) is 0 Å². The van der Waals surface area contributed by atoms with E-state index in [0.29, 0.717) is 22.1 Å². The van der Waals surface area contributed by atoms with Gasteiger partial charge in [0, 0.05) is 8.95 Å². The fraction of sp³-hybridized carbons (Fsp3) is 0. The average molecular weight is 404 g/mol. The molecule has 19 heavy (non-hydrogen) atoms. The van der Waals surface area contributed by atoms with Crippen LogP contribution in [0, 0.1) is 5.41 Å². The largest absolute Gasteiger partial charge is 0.455 e. The Morgan fingerprint density at radius 1 is 1.05 bits per heavy atom. The molecule has 0 radical (unpaired) electrons. The highest BCUT2D eigenvalue weighted by Gasteiger charge is 2.11. The molecule has 0 aliphatic carbocycles. The van der Waals surface area contributed by atoms with Crippen LogP contribution in [0.1, 0.15) is 5.56 Å². The first-order valence-corrected chi connectivity index (χ1v) is 7.20. The minimum Gasteiger partial charge on any atom is -0.455 e. The fourth-order valence-corrected chi connectivity index (χ4v) is 2.31. The maximum absolute atomic E-state index is 7.55. The molecule has 0 spiro atoms. The number of benzene rings is 2. The molecule has 3 nitrogen and oxygen atoms in total. The minimum absolute atomic E-state index is 0.0615. The van der Waals surface area contributed by atoms with Crippen LogP contribution in [0.5, 0.6) is 11.5 Å². The van der Waals surface area contributed by atoms with Crippen molar-refractivity contribution in [2.75, 3.05) is 0 Å². The number of nitrogens with one attached hydrogen (secondary N) is 1. The van der Waals surface area contributed by atoms with Gasteiger partial charge in [-0.15, -0.1) is 0 Å². The van der Waals surface area contributed by atoms with E-state index >= 15 is 0 Å². The number of halogens is 3. The van der Waals surface area contributed by atoms with Crippen LogP contribution in [0.4, 0.5) is 0 Å². The van der Waals surface area contributed by atoms with Crippen molar-refractivity contribution in [2.24, 2.45) is 5.73 Å². The number of ether oxygens (including phenoxy) is 1. The lowest BCUT2D eigenvalue weighted by atomic mass is 10.2. The molecule has 0 saturated heterocycles. The summed E-state index contributed by atoms with van der Waals surface area (Å²) in [5, 5.41) is 8.03. The minimum atomic E-state index is -0.0615. The zero-order valence-electron chi connectivity index (χ0n) is 9.58. The maximum atomic E-state index is 7.55. The highest BCUT2D eigenvalue weighted by Crippen LogP contribution is 2.34. The van der Waals surface area contributed by atoms with E-state index in [9.17, 15) is 0 Å². The highest BCUT2D eigenvalue weighted by molar-refractivity contribution is 9.10. The summed E-state index contributed by atoms with van der Waals surface area (Å²) >= 11 is 12.8. The second-order valence-electron chi connectivity index (χ2n) is 3.73. The number of nitrogens with two attached hydrogens (primary N) is 1. The molecule has 3 N–H and O–H groups in total. The van der Waals surface area contributed by atoms with E-state index in [0.717, 1.165) is 8.95 Å². The Bertz CT molecular complexity index is 647. The number of hydrogen-bond acceptors (Lipinski definition) is 2. The lowest BCUT2D eigenvalue weighted by Crippen LogP contribution is -2.12. The molecule has 0 fully saturated rings. The van der Waals surface area contributed by atoms with Gasteiger partial charge in [-0.25, -0.2) is 0 Å². The van der Waals surface area contributed by atoms with Gasteiger partial charge >= 0.3 is 0 Å². The van der Waals surface area contributed by atoms with Gasteiger partial charge in [-0.05, 0) is 36.4 Å². The van der Waals surface area contributed by atoms with Gasteiger partial charge in [0.25, 0.3) is 0 Å². The Labute approximate surface area is 132 Å². The first-order chi connectivity index (χ1) is 8.97. The Kier molecular flexibility index (Phi) is 4.50. The van der Waals surface area contributed by atoms with Crippen molar-refractivity contribution < 1.29 is 4.74 Å². The topological polar surface area (TPSA) is 59.1 Å². The molecule has 0 saturated carbocycles. The van der Waals surface area contributed by atoms with Crippen LogP contribution in [-0.2, 0) is 0 Å². The van der Waals surface area contributed by atoms with E-state index in [1.807, 2.05) is 6.07 Å². The van der Waals surface area contributed by atoms with Gasteiger partial charge in [0.2, 0.25) is 0 Å². The van der Waals surface area contributed by atoms with Crippen molar-refractivity contribution in [1.29, 1.82) is 5.41 Å². The van der Waals surface area contributed by atoms with E-state index in [4.69, 9.17) is 27.5 Å². The normalized spacial score (nSPS) is 10.3. The summed E-state index contributed by atoms with van der Waals surface area (Å²) in [6, 6.07) is 10.6. The van der Waals surface area contributed by atoms with Gasteiger partial charge in [-0.3, -0.25) is 5.41 Å². The molecule has 2 aromatic rings. The second kappa shape index (κ2) is 5.94. The van der Waals surface area contributed by atoms with Gasteiger partial charge < -0.3 is 10.5 Å². The summed E-state index contributed by atoms with van der Waals surface area (Å²) in [7, 11) is 0. The number of hydrogen-bond donors (Lipinski definition) is 2. The molecule has 0 aliphatic rings. The highest BCUT2D eigenvalue weighted by atomic mass is 79.9. The zero-order valence-corrected chi connectivity index (χ0v) is 13.5. The van der Waals surface area contributed by atoms with Crippen molar-refractivity contribution in [3.8, 4) is 11.5 Å². The summed E-state index contributed by atoms with van der Waals surface area (Å²) in [4.78, 5) is 0. The summed E-state index contributed by atoms with van der Waals surface area (Å²) in [5.74, 6) is 0.909. The smallest absolute Gasteiger partial charge is 0.147 e. The average Bonchev–Trinajstić information content (AvgIpc) is 2.33. The monoisotopic (exact) mass is 402 g/mol. The standard InChI is InChI=1S/C13H9Br2ClN2O/c14-7-1-3-9(13(17)18)11(5-7)19-12-6-8(15)2-4-10(12)16/h1-6H,(H3,17,18). The molecular formula is C13H9Br2ClN2O. The number of amidine groups is 1. The van der Waals surface area contributed by atoms with E-state index in [-0.39, 0.29) is 5.84 Å². The zero-order chi connectivity index (χ0) is 14.0. The lowest BCUT2D eigenvalue weighted by molar-refractivity contribution is 0.481. The van der Waals surface area contributed by atoms with Crippen molar-refractivity contribution in [3.05, 3.63) is 55.9 Å². The Morgan fingerprint density at radius 3 is 2.26 bits per heavy atom. The lowest BCUT2D eigenvalue weighted by Gasteiger charge is -2.12. The van der Waals surface area contributed by atoms with Crippen molar-refractivity contribution >= 4 is 49.3 Å². The molecule has 0 unspecified atom stereocenters. The molecule has 0 aliphatic heterocycles. The summed E-state index contributed by atoms with van der Waals surface area (Å²) in [6.45, 7) is 0. The Hall–Kier alpha value is -1.04. The van der Waals surface area contributed by atoms with Crippen molar-refractivity contribution in [3.63, 3.8) is 0 Å². The van der Waals surface area contributed by atoms with E-state index in [1.54, 1.807) is 30.3 Å². The van der Waals surface area contributed by atoms with Gasteiger partial charge in [0.1, 0.15) is 17.3 Å². The predicted octanol–water partition coefficient (Wildman–Crippen LogP) is 4.94. The third-order valence-electron chi connectivity index (χ3n) is 2.35.